The fourth-order valence-corrected chi connectivity index (χ4v) is 3.05. The van der Waals surface area contributed by atoms with E-state index in [0.717, 1.165) is 38.0 Å². The summed E-state index contributed by atoms with van der Waals surface area (Å²) in [5.41, 5.74) is 1.15. The molecule has 0 atom stereocenters. The molecule has 4 nitrogen and oxygen atoms in total. The zero-order valence-electron chi connectivity index (χ0n) is 11.9. The predicted molar refractivity (Wildman–Crippen MR) is 79.8 cm³/mol. The number of hydrogen-bond donors (Lipinski definition) is 1. The molecule has 0 bridgehead atoms. The summed E-state index contributed by atoms with van der Waals surface area (Å²) in [6.07, 6.45) is 3.00. The first-order chi connectivity index (χ1) is 9.72. The molecule has 106 valence electrons. The lowest BCUT2D eigenvalue weighted by molar-refractivity contribution is -0.115. The van der Waals surface area contributed by atoms with E-state index in [0.29, 0.717) is 5.71 Å². The normalized spacial score (nSPS) is 21.9. The molecule has 1 aromatic carbocycles. The number of likely N-dealkylation sites (tertiary alicyclic amines) is 1. The van der Waals surface area contributed by atoms with Gasteiger partial charge in [-0.2, -0.15) is 0 Å². The first-order valence-electron chi connectivity index (χ1n) is 7.42. The number of hydrogen-bond acceptors (Lipinski definition) is 3. The molecule has 1 aromatic rings. The van der Waals surface area contributed by atoms with Gasteiger partial charge in [-0.15, -0.1) is 0 Å². The Morgan fingerprint density at radius 1 is 1.25 bits per heavy atom. The van der Waals surface area contributed by atoms with Gasteiger partial charge in [-0.3, -0.25) is 9.79 Å². The van der Waals surface area contributed by atoms with Gasteiger partial charge in [0.2, 0.25) is 0 Å². The molecule has 0 aromatic heterocycles. The Labute approximate surface area is 119 Å². The molecular formula is C16H21N3O. The molecule has 1 spiro atoms. The van der Waals surface area contributed by atoms with Crippen molar-refractivity contribution in [1.29, 1.82) is 0 Å². The van der Waals surface area contributed by atoms with Gasteiger partial charge in [-0.25, -0.2) is 0 Å². The van der Waals surface area contributed by atoms with E-state index in [4.69, 9.17) is 4.99 Å². The minimum atomic E-state index is -0.355. The highest BCUT2D eigenvalue weighted by Crippen LogP contribution is 2.28. The highest BCUT2D eigenvalue weighted by atomic mass is 16.2. The zero-order valence-corrected chi connectivity index (χ0v) is 11.9. The second-order valence-corrected chi connectivity index (χ2v) is 5.65. The molecule has 0 unspecified atom stereocenters. The summed E-state index contributed by atoms with van der Waals surface area (Å²) in [7, 11) is 0. The van der Waals surface area contributed by atoms with Crippen LogP contribution in [0.1, 0.15) is 31.7 Å². The Morgan fingerprint density at radius 3 is 2.60 bits per heavy atom. The molecule has 3 rings (SSSR count). The second-order valence-electron chi connectivity index (χ2n) is 5.65. The summed E-state index contributed by atoms with van der Waals surface area (Å²) < 4.78 is 0. The Balaban J connectivity index is 1.77. The average Bonchev–Trinajstić information content (AvgIpc) is 2.80. The molecule has 0 radical (unpaired) electrons. The van der Waals surface area contributed by atoms with Crippen molar-refractivity contribution in [3.63, 3.8) is 0 Å². The summed E-state index contributed by atoms with van der Waals surface area (Å²) in [5, 5.41) is 3.11. The van der Waals surface area contributed by atoms with Crippen molar-refractivity contribution in [3.8, 4) is 0 Å². The Morgan fingerprint density at radius 2 is 1.95 bits per heavy atom. The van der Waals surface area contributed by atoms with E-state index in [-0.39, 0.29) is 11.6 Å². The molecule has 4 heteroatoms. The fraction of sp³-hybridized carbons (Fsp3) is 0.500. The molecule has 2 aliphatic rings. The third-order valence-corrected chi connectivity index (χ3v) is 4.16. The van der Waals surface area contributed by atoms with Gasteiger partial charge in [0.15, 0.2) is 0 Å². The first-order valence-corrected chi connectivity index (χ1v) is 7.42. The molecular weight excluding hydrogens is 250 g/mol. The number of benzene rings is 1. The van der Waals surface area contributed by atoms with Crippen LogP contribution < -0.4 is 5.32 Å². The summed E-state index contributed by atoms with van der Waals surface area (Å²) in [6, 6.07) is 9.74. The lowest BCUT2D eigenvalue weighted by Crippen LogP contribution is -2.51. The standard InChI is InChI=1S/C16H21N3O/c1-2-10-19-11-8-16(9-12-19)17-14(15(20)18-16)13-6-4-3-5-7-13/h3-7H,2,8-12H2,1H3,(H,18,20). The molecule has 1 fully saturated rings. The van der Waals surface area contributed by atoms with E-state index >= 15 is 0 Å². The average molecular weight is 271 g/mol. The minimum absolute atomic E-state index is 0.0276. The monoisotopic (exact) mass is 271 g/mol. The van der Waals surface area contributed by atoms with Crippen molar-refractivity contribution < 1.29 is 4.79 Å². The van der Waals surface area contributed by atoms with Crippen molar-refractivity contribution in [3.05, 3.63) is 35.9 Å². The fourth-order valence-electron chi connectivity index (χ4n) is 3.05. The van der Waals surface area contributed by atoms with Crippen molar-refractivity contribution in [1.82, 2.24) is 10.2 Å². The second kappa shape index (κ2) is 5.37. The van der Waals surface area contributed by atoms with Gasteiger partial charge in [0.1, 0.15) is 11.4 Å². The minimum Gasteiger partial charge on any atom is -0.326 e. The van der Waals surface area contributed by atoms with E-state index in [1.165, 1.54) is 6.42 Å². The maximum atomic E-state index is 12.2. The number of carbonyl (C=O) groups excluding carboxylic acids is 1. The van der Waals surface area contributed by atoms with Crippen LogP contribution in [-0.2, 0) is 4.79 Å². The lowest BCUT2D eigenvalue weighted by atomic mass is 9.98. The maximum Gasteiger partial charge on any atom is 0.272 e. The van der Waals surface area contributed by atoms with Gasteiger partial charge in [0, 0.05) is 31.5 Å². The summed E-state index contributed by atoms with van der Waals surface area (Å²) in [4.78, 5) is 19.4. The van der Waals surface area contributed by atoms with Crippen LogP contribution in [0.15, 0.2) is 35.3 Å². The molecule has 2 aliphatic heterocycles. The van der Waals surface area contributed by atoms with Crippen LogP contribution in [0.5, 0.6) is 0 Å². The lowest BCUT2D eigenvalue weighted by Gasteiger charge is -2.37. The van der Waals surface area contributed by atoms with E-state index < -0.39 is 0 Å². The van der Waals surface area contributed by atoms with E-state index in [1.54, 1.807) is 0 Å². The Hall–Kier alpha value is -1.68. The Kier molecular flexibility index (Phi) is 3.57. The quantitative estimate of drug-likeness (QED) is 0.911. The van der Waals surface area contributed by atoms with E-state index in [9.17, 15) is 4.79 Å². The van der Waals surface area contributed by atoms with Gasteiger partial charge < -0.3 is 10.2 Å². The van der Waals surface area contributed by atoms with Crippen molar-refractivity contribution in [2.45, 2.75) is 31.8 Å². The number of amides is 1. The molecule has 0 saturated carbocycles. The zero-order chi connectivity index (χ0) is 14.0. The highest BCUT2D eigenvalue weighted by molar-refractivity contribution is 6.46. The molecule has 0 aliphatic carbocycles. The summed E-state index contributed by atoms with van der Waals surface area (Å²) in [5.74, 6) is -0.0276. The van der Waals surface area contributed by atoms with Crippen LogP contribution >= 0.6 is 0 Å². The van der Waals surface area contributed by atoms with Crippen LogP contribution in [0, 0.1) is 0 Å². The van der Waals surface area contributed by atoms with Crippen LogP contribution in [0.4, 0.5) is 0 Å². The number of rotatable bonds is 3. The third-order valence-electron chi connectivity index (χ3n) is 4.16. The van der Waals surface area contributed by atoms with Crippen LogP contribution in [0.3, 0.4) is 0 Å². The number of piperidine rings is 1. The molecule has 2 heterocycles. The number of carbonyl (C=O) groups is 1. The maximum absolute atomic E-state index is 12.2. The first kappa shape index (κ1) is 13.3. The molecule has 1 saturated heterocycles. The van der Waals surface area contributed by atoms with E-state index in [1.807, 2.05) is 30.3 Å². The van der Waals surface area contributed by atoms with E-state index in [2.05, 4.69) is 17.1 Å². The summed E-state index contributed by atoms with van der Waals surface area (Å²) >= 11 is 0. The molecule has 20 heavy (non-hydrogen) atoms. The van der Waals surface area contributed by atoms with Crippen LogP contribution in [-0.4, -0.2) is 41.8 Å². The molecule has 1 N–H and O–H groups in total. The number of nitrogens with one attached hydrogen (secondary N) is 1. The third kappa shape index (κ3) is 2.48. The van der Waals surface area contributed by atoms with Gasteiger partial charge in [0.05, 0.1) is 0 Å². The smallest absolute Gasteiger partial charge is 0.272 e. The van der Waals surface area contributed by atoms with Crippen molar-refractivity contribution in [2.24, 2.45) is 4.99 Å². The summed E-state index contributed by atoms with van der Waals surface area (Å²) in [6.45, 7) is 5.37. The highest BCUT2D eigenvalue weighted by Gasteiger charge is 2.41. The van der Waals surface area contributed by atoms with Gasteiger partial charge in [-0.05, 0) is 13.0 Å². The van der Waals surface area contributed by atoms with Gasteiger partial charge in [0.25, 0.3) is 5.91 Å². The van der Waals surface area contributed by atoms with Crippen LogP contribution in [0.25, 0.3) is 0 Å². The topological polar surface area (TPSA) is 44.7 Å². The van der Waals surface area contributed by atoms with Crippen LogP contribution in [0.2, 0.25) is 0 Å². The number of aliphatic imine (C=N–C) groups is 1. The largest absolute Gasteiger partial charge is 0.326 e. The Bertz CT molecular complexity index is 516. The van der Waals surface area contributed by atoms with Gasteiger partial charge in [-0.1, -0.05) is 37.3 Å². The van der Waals surface area contributed by atoms with Gasteiger partial charge >= 0.3 is 0 Å². The number of nitrogens with zero attached hydrogens (tertiary/aromatic N) is 2. The van der Waals surface area contributed by atoms with Crippen molar-refractivity contribution in [2.75, 3.05) is 19.6 Å². The van der Waals surface area contributed by atoms with Crippen molar-refractivity contribution >= 4 is 11.6 Å². The SMILES string of the molecule is CCCN1CCC2(CC1)N=C(c1ccccc1)C(=O)N2. The molecule has 1 amide bonds. The predicted octanol–water partition coefficient (Wildman–Crippen LogP) is 1.81.